The highest BCUT2D eigenvalue weighted by atomic mass is 32.1. The molecule has 0 bridgehead atoms. The number of thiophene rings is 1. The van der Waals surface area contributed by atoms with Crippen molar-refractivity contribution in [2.24, 2.45) is 5.73 Å². The molecular formula is C15H21N3S. The summed E-state index contributed by atoms with van der Waals surface area (Å²) in [5.41, 5.74) is 7.26. The fourth-order valence-corrected chi connectivity index (χ4v) is 3.21. The number of nitrogens with two attached hydrogens (primary N) is 1. The van der Waals surface area contributed by atoms with Gasteiger partial charge in [0.05, 0.1) is 6.04 Å². The lowest BCUT2D eigenvalue weighted by Gasteiger charge is -2.26. The second-order valence-electron chi connectivity index (χ2n) is 4.79. The van der Waals surface area contributed by atoms with Gasteiger partial charge in [-0.15, -0.1) is 11.3 Å². The van der Waals surface area contributed by atoms with Gasteiger partial charge in [-0.05, 0) is 50.2 Å². The van der Waals surface area contributed by atoms with Crippen LogP contribution >= 0.6 is 11.3 Å². The summed E-state index contributed by atoms with van der Waals surface area (Å²) in [6.07, 6.45) is 4.72. The molecule has 0 aromatic carbocycles. The number of likely N-dealkylation sites (N-methyl/N-ethyl adjacent to an activating group) is 1. The smallest absolute Gasteiger partial charge is 0.0562 e. The lowest BCUT2D eigenvalue weighted by molar-refractivity contribution is 0.256. The van der Waals surface area contributed by atoms with Crippen molar-refractivity contribution >= 4 is 11.3 Å². The van der Waals surface area contributed by atoms with Crippen molar-refractivity contribution in [3.05, 3.63) is 52.0 Å². The third kappa shape index (κ3) is 3.86. The van der Waals surface area contributed by atoms with Gasteiger partial charge in [-0.2, -0.15) is 0 Å². The van der Waals surface area contributed by atoms with Crippen LogP contribution in [0.4, 0.5) is 0 Å². The second-order valence-corrected chi connectivity index (χ2v) is 6.11. The number of aryl methyl sites for hydroxylation is 1. The Bertz CT molecular complexity index is 495. The van der Waals surface area contributed by atoms with Crippen LogP contribution in [0.2, 0.25) is 0 Å². The topological polar surface area (TPSA) is 42.1 Å². The molecule has 0 spiro atoms. The van der Waals surface area contributed by atoms with Gasteiger partial charge in [0.25, 0.3) is 0 Å². The minimum atomic E-state index is 0.320. The fourth-order valence-electron chi connectivity index (χ4n) is 2.16. The standard InChI is InChI=1S/C15H21N3S/c1-12-3-4-15(19-12)14(11-16)18(2)10-7-13-5-8-17-9-6-13/h3-6,8-9,14H,7,10-11,16H2,1-2H3. The van der Waals surface area contributed by atoms with Crippen LogP contribution in [0.15, 0.2) is 36.7 Å². The molecule has 1 atom stereocenters. The molecule has 0 fully saturated rings. The Balaban J connectivity index is 1.96. The molecule has 1 unspecified atom stereocenters. The van der Waals surface area contributed by atoms with Crippen molar-refractivity contribution in [2.75, 3.05) is 20.1 Å². The summed E-state index contributed by atoms with van der Waals surface area (Å²) in [5.74, 6) is 0. The number of rotatable bonds is 6. The van der Waals surface area contributed by atoms with Gasteiger partial charge in [0.15, 0.2) is 0 Å². The van der Waals surface area contributed by atoms with E-state index in [2.05, 4.69) is 48.1 Å². The van der Waals surface area contributed by atoms with Crippen molar-refractivity contribution < 1.29 is 0 Å². The zero-order valence-corrected chi connectivity index (χ0v) is 12.4. The SMILES string of the molecule is Cc1ccc(C(CN)N(C)CCc2ccncc2)s1. The second kappa shape index (κ2) is 6.80. The maximum Gasteiger partial charge on any atom is 0.0562 e. The van der Waals surface area contributed by atoms with E-state index in [4.69, 9.17) is 5.73 Å². The highest BCUT2D eigenvalue weighted by molar-refractivity contribution is 7.12. The normalized spacial score (nSPS) is 12.8. The van der Waals surface area contributed by atoms with Gasteiger partial charge < -0.3 is 5.73 Å². The molecule has 0 saturated heterocycles. The Hall–Kier alpha value is -1.23. The molecule has 0 aliphatic carbocycles. The summed E-state index contributed by atoms with van der Waals surface area (Å²) in [5, 5.41) is 0. The van der Waals surface area contributed by atoms with E-state index in [1.807, 2.05) is 23.7 Å². The third-order valence-corrected chi connectivity index (χ3v) is 4.45. The summed E-state index contributed by atoms with van der Waals surface area (Å²) in [6.45, 7) is 3.80. The molecule has 2 aromatic heterocycles. The van der Waals surface area contributed by atoms with E-state index < -0.39 is 0 Å². The lowest BCUT2D eigenvalue weighted by Crippen LogP contribution is -2.31. The van der Waals surface area contributed by atoms with Gasteiger partial charge >= 0.3 is 0 Å². The fraction of sp³-hybridized carbons (Fsp3) is 0.400. The molecule has 0 saturated carbocycles. The van der Waals surface area contributed by atoms with Gasteiger partial charge in [-0.1, -0.05) is 0 Å². The molecule has 102 valence electrons. The highest BCUT2D eigenvalue weighted by Gasteiger charge is 2.16. The van der Waals surface area contributed by atoms with Crippen LogP contribution in [0.5, 0.6) is 0 Å². The molecule has 2 aromatic rings. The molecule has 0 amide bonds. The van der Waals surface area contributed by atoms with Crippen LogP contribution in [0.25, 0.3) is 0 Å². The van der Waals surface area contributed by atoms with E-state index in [1.165, 1.54) is 15.3 Å². The minimum absolute atomic E-state index is 0.320. The Morgan fingerprint density at radius 3 is 2.58 bits per heavy atom. The van der Waals surface area contributed by atoms with Crippen LogP contribution in [0.3, 0.4) is 0 Å². The predicted molar refractivity (Wildman–Crippen MR) is 81.4 cm³/mol. The molecule has 2 rings (SSSR count). The van der Waals surface area contributed by atoms with Gasteiger partial charge in [0.1, 0.15) is 0 Å². The van der Waals surface area contributed by atoms with Gasteiger partial charge in [-0.3, -0.25) is 9.88 Å². The van der Waals surface area contributed by atoms with Crippen LogP contribution in [-0.4, -0.2) is 30.0 Å². The highest BCUT2D eigenvalue weighted by Crippen LogP contribution is 2.26. The molecule has 4 heteroatoms. The van der Waals surface area contributed by atoms with E-state index in [1.54, 1.807) is 0 Å². The summed E-state index contributed by atoms with van der Waals surface area (Å²) in [6, 6.07) is 8.82. The van der Waals surface area contributed by atoms with E-state index in [0.29, 0.717) is 12.6 Å². The Kier molecular flexibility index (Phi) is 5.07. The maximum atomic E-state index is 5.94. The summed E-state index contributed by atoms with van der Waals surface area (Å²) in [7, 11) is 2.15. The molecule has 2 N–H and O–H groups in total. The van der Waals surface area contributed by atoms with Crippen molar-refractivity contribution in [3.8, 4) is 0 Å². The number of pyridine rings is 1. The van der Waals surface area contributed by atoms with E-state index in [-0.39, 0.29) is 0 Å². The minimum Gasteiger partial charge on any atom is -0.329 e. The Morgan fingerprint density at radius 1 is 1.26 bits per heavy atom. The molecule has 19 heavy (non-hydrogen) atoms. The Labute approximate surface area is 119 Å². The van der Waals surface area contributed by atoms with E-state index in [9.17, 15) is 0 Å². The maximum absolute atomic E-state index is 5.94. The van der Waals surface area contributed by atoms with Gasteiger partial charge in [-0.25, -0.2) is 0 Å². The summed E-state index contributed by atoms with van der Waals surface area (Å²) >= 11 is 1.84. The average molecular weight is 275 g/mol. The average Bonchev–Trinajstić information content (AvgIpc) is 2.85. The van der Waals surface area contributed by atoms with Crippen LogP contribution in [0, 0.1) is 6.92 Å². The van der Waals surface area contributed by atoms with E-state index in [0.717, 1.165) is 13.0 Å². The number of hydrogen-bond acceptors (Lipinski definition) is 4. The molecule has 3 nitrogen and oxygen atoms in total. The molecular weight excluding hydrogens is 254 g/mol. The first-order chi connectivity index (χ1) is 9.20. The zero-order valence-electron chi connectivity index (χ0n) is 11.5. The van der Waals surface area contributed by atoms with Gasteiger partial charge in [0, 0.05) is 35.2 Å². The first kappa shape index (κ1) is 14.2. The molecule has 2 heterocycles. The monoisotopic (exact) mass is 275 g/mol. The molecule has 0 radical (unpaired) electrons. The summed E-state index contributed by atoms with van der Waals surface area (Å²) in [4.78, 5) is 9.08. The molecule has 0 aliphatic heterocycles. The lowest BCUT2D eigenvalue weighted by atomic mass is 10.1. The van der Waals surface area contributed by atoms with Crippen LogP contribution in [-0.2, 0) is 6.42 Å². The largest absolute Gasteiger partial charge is 0.329 e. The zero-order chi connectivity index (χ0) is 13.7. The van der Waals surface area contributed by atoms with Crippen molar-refractivity contribution in [1.82, 2.24) is 9.88 Å². The van der Waals surface area contributed by atoms with Gasteiger partial charge in [0.2, 0.25) is 0 Å². The third-order valence-electron chi connectivity index (χ3n) is 3.35. The number of aromatic nitrogens is 1. The van der Waals surface area contributed by atoms with Crippen molar-refractivity contribution in [1.29, 1.82) is 0 Å². The first-order valence-corrected chi connectivity index (χ1v) is 7.38. The molecule has 0 aliphatic rings. The van der Waals surface area contributed by atoms with Crippen LogP contribution < -0.4 is 5.73 Å². The van der Waals surface area contributed by atoms with Crippen molar-refractivity contribution in [2.45, 2.75) is 19.4 Å². The number of nitrogens with zero attached hydrogens (tertiary/aromatic N) is 2. The number of hydrogen-bond donors (Lipinski definition) is 1. The first-order valence-electron chi connectivity index (χ1n) is 6.56. The Morgan fingerprint density at radius 2 is 2.00 bits per heavy atom. The predicted octanol–water partition coefficient (Wildman–Crippen LogP) is 2.63. The van der Waals surface area contributed by atoms with Crippen molar-refractivity contribution in [3.63, 3.8) is 0 Å². The summed E-state index contributed by atoms with van der Waals surface area (Å²) < 4.78 is 0. The van der Waals surface area contributed by atoms with Crippen LogP contribution in [0.1, 0.15) is 21.4 Å². The van der Waals surface area contributed by atoms with E-state index >= 15 is 0 Å². The quantitative estimate of drug-likeness (QED) is 0.881.